The number of hydrogen-bond donors (Lipinski definition) is 0. The van der Waals surface area contributed by atoms with E-state index in [4.69, 9.17) is 19.4 Å². The maximum Gasteiger partial charge on any atom is 0.318 e. The number of rotatable bonds is 2. The maximum absolute atomic E-state index is 6.66. The van der Waals surface area contributed by atoms with Gasteiger partial charge in [0.05, 0.1) is 25.0 Å². The summed E-state index contributed by atoms with van der Waals surface area (Å²) in [4.78, 5) is 14.2. The second-order valence-electron chi connectivity index (χ2n) is 8.33. The quantitative estimate of drug-likeness (QED) is 0.687. The summed E-state index contributed by atoms with van der Waals surface area (Å²) < 4.78 is 13.3. The van der Waals surface area contributed by atoms with E-state index in [0.717, 1.165) is 68.9 Å². The van der Waals surface area contributed by atoms with E-state index in [1.165, 1.54) is 15.6 Å². The first kappa shape index (κ1) is 19.3. The second kappa shape index (κ2) is 7.52. The van der Waals surface area contributed by atoms with Crippen LogP contribution in [-0.2, 0) is 29.8 Å². The average molecular weight is 459 g/mol. The third-order valence-corrected chi connectivity index (χ3v) is 7.34. The van der Waals surface area contributed by atoms with Crippen molar-refractivity contribution >= 4 is 21.7 Å². The molecule has 6 nitrogen and oxygen atoms in total. The van der Waals surface area contributed by atoms with E-state index in [1.54, 1.807) is 7.11 Å². The fourth-order valence-corrected chi connectivity index (χ4v) is 5.52. The lowest BCUT2D eigenvalue weighted by Gasteiger charge is -2.43. The third-order valence-electron chi connectivity index (χ3n) is 6.60. The number of piperazine rings is 1. The summed E-state index contributed by atoms with van der Waals surface area (Å²) in [6.07, 6.45) is 4.00. The molecule has 154 valence electrons. The molecule has 5 rings (SSSR count). The molecule has 1 atom stereocenters. The Kier molecular flexibility index (Phi) is 5.00. The minimum atomic E-state index is -0.302. The zero-order valence-corrected chi connectivity index (χ0v) is 18.7. The number of methoxy groups -OCH3 is 1. The smallest absolute Gasteiger partial charge is 0.318 e. The van der Waals surface area contributed by atoms with E-state index in [1.807, 2.05) is 0 Å². The van der Waals surface area contributed by atoms with Crippen LogP contribution >= 0.6 is 15.9 Å². The van der Waals surface area contributed by atoms with Gasteiger partial charge in [-0.05, 0) is 43.5 Å². The number of aromatic nitrogens is 2. The Hall–Kier alpha value is -1.70. The van der Waals surface area contributed by atoms with Gasteiger partial charge in [0.1, 0.15) is 5.82 Å². The number of benzene rings is 1. The van der Waals surface area contributed by atoms with Crippen LogP contribution < -0.4 is 9.64 Å². The zero-order chi connectivity index (χ0) is 20.0. The van der Waals surface area contributed by atoms with E-state index in [2.05, 4.69) is 51.0 Å². The molecule has 0 N–H and O–H groups in total. The summed E-state index contributed by atoms with van der Waals surface area (Å²) in [6, 6.07) is 6.93. The Bertz CT molecular complexity index is 929. The monoisotopic (exact) mass is 458 g/mol. The molecule has 0 amide bonds. The number of ether oxygens (including phenoxy) is 2. The largest absolute Gasteiger partial charge is 0.467 e. The summed E-state index contributed by atoms with van der Waals surface area (Å²) in [6.45, 7) is 4.54. The molecule has 1 spiro atoms. The molecule has 1 saturated heterocycles. The molecule has 29 heavy (non-hydrogen) atoms. The van der Waals surface area contributed by atoms with Crippen molar-refractivity contribution in [2.45, 2.75) is 37.9 Å². The summed E-state index contributed by atoms with van der Waals surface area (Å²) in [5.41, 5.74) is 4.58. The number of fused-ring (bicyclic) bond motifs is 3. The molecule has 2 aliphatic heterocycles. The molecule has 1 fully saturated rings. The van der Waals surface area contributed by atoms with Crippen LogP contribution in [0.1, 0.15) is 35.2 Å². The highest BCUT2D eigenvalue weighted by molar-refractivity contribution is 9.10. The van der Waals surface area contributed by atoms with Gasteiger partial charge in [0.2, 0.25) is 0 Å². The van der Waals surface area contributed by atoms with E-state index >= 15 is 0 Å². The third kappa shape index (κ3) is 3.33. The Morgan fingerprint density at radius 3 is 2.76 bits per heavy atom. The van der Waals surface area contributed by atoms with Gasteiger partial charge in [0, 0.05) is 42.6 Å². The Labute approximate surface area is 180 Å². The van der Waals surface area contributed by atoms with Crippen molar-refractivity contribution in [2.24, 2.45) is 0 Å². The highest BCUT2D eigenvalue weighted by Gasteiger charge is 2.43. The van der Waals surface area contributed by atoms with Crippen LogP contribution in [-0.4, -0.2) is 55.2 Å². The van der Waals surface area contributed by atoms with E-state index in [9.17, 15) is 0 Å². The van der Waals surface area contributed by atoms with Crippen LogP contribution in [0.5, 0.6) is 6.01 Å². The molecule has 0 bridgehead atoms. The maximum atomic E-state index is 6.66. The highest BCUT2D eigenvalue weighted by atomic mass is 79.9. The summed E-state index contributed by atoms with van der Waals surface area (Å²) in [7, 11) is 3.82. The van der Waals surface area contributed by atoms with E-state index in [-0.39, 0.29) is 5.60 Å². The van der Waals surface area contributed by atoms with Crippen molar-refractivity contribution in [3.8, 4) is 6.01 Å². The van der Waals surface area contributed by atoms with Gasteiger partial charge in [-0.15, -0.1) is 0 Å². The van der Waals surface area contributed by atoms with E-state index < -0.39 is 0 Å². The highest BCUT2D eigenvalue weighted by Crippen LogP contribution is 2.47. The minimum Gasteiger partial charge on any atom is -0.467 e. The molecule has 3 aliphatic rings. The first-order valence-corrected chi connectivity index (χ1v) is 11.2. The van der Waals surface area contributed by atoms with Crippen LogP contribution in [0.25, 0.3) is 0 Å². The van der Waals surface area contributed by atoms with Crippen molar-refractivity contribution in [1.29, 1.82) is 0 Å². The predicted octanol–water partition coefficient (Wildman–Crippen LogP) is 3.30. The van der Waals surface area contributed by atoms with Gasteiger partial charge in [-0.3, -0.25) is 0 Å². The van der Waals surface area contributed by atoms with Crippen LogP contribution in [0.15, 0.2) is 22.7 Å². The zero-order valence-electron chi connectivity index (χ0n) is 17.1. The van der Waals surface area contributed by atoms with Crippen LogP contribution in [0.4, 0.5) is 5.82 Å². The number of likely N-dealkylation sites (N-methyl/N-ethyl adjacent to an activating group) is 1. The fourth-order valence-electron chi connectivity index (χ4n) is 4.95. The number of halogens is 1. The Balaban J connectivity index is 1.55. The van der Waals surface area contributed by atoms with Gasteiger partial charge in [-0.2, -0.15) is 9.97 Å². The number of hydrogen-bond acceptors (Lipinski definition) is 6. The Morgan fingerprint density at radius 2 is 1.97 bits per heavy atom. The lowest BCUT2D eigenvalue weighted by atomic mass is 9.75. The van der Waals surface area contributed by atoms with Crippen molar-refractivity contribution in [3.05, 3.63) is 45.1 Å². The number of anilines is 1. The molecule has 0 radical (unpaired) electrons. The average Bonchev–Trinajstić information content (AvgIpc) is 2.74. The summed E-state index contributed by atoms with van der Waals surface area (Å²) >= 11 is 3.74. The number of nitrogens with zero attached hydrogens (tertiary/aromatic N) is 4. The normalized spacial score (nSPS) is 24.3. The van der Waals surface area contributed by atoms with Crippen LogP contribution in [0, 0.1) is 0 Å². The van der Waals surface area contributed by atoms with Crippen LogP contribution in [0.2, 0.25) is 0 Å². The molecule has 2 aromatic rings. The van der Waals surface area contributed by atoms with Crippen molar-refractivity contribution in [3.63, 3.8) is 0 Å². The van der Waals surface area contributed by atoms with Gasteiger partial charge < -0.3 is 19.3 Å². The second-order valence-corrected chi connectivity index (χ2v) is 9.18. The first-order valence-electron chi connectivity index (χ1n) is 10.4. The molecule has 3 heterocycles. The molecule has 1 aromatic heterocycles. The van der Waals surface area contributed by atoms with Gasteiger partial charge >= 0.3 is 6.01 Å². The molecular weight excluding hydrogens is 432 g/mol. The molecule has 0 saturated carbocycles. The topological polar surface area (TPSA) is 50.7 Å². The van der Waals surface area contributed by atoms with Gasteiger partial charge in [-0.25, -0.2) is 0 Å². The lowest BCUT2D eigenvalue weighted by molar-refractivity contribution is -0.0856. The van der Waals surface area contributed by atoms with Crippen molar-refractivity contribution in [1.82, 2.24) is 14.9 Å². The lowest BCUT2D eigenvalue weighted by Crippen LogP contribution is -2.46. The van der Waals surface area contributed by atoms with Gasteiger partial charge in [0.25, 0.3) is 0 Å². The van der Waals surface area contributed by atoms with Crippen molar-refractivity contribution in [2.75, 3.05) is 45.2 Å². The summed E-state index contributed by atoms with van der Waals surface area (Å²) in [5.74, 6) is 0.986. The standard InChI is InChI=1S/C22H27BrN4O2/c1-26-9-11-27(12-10-26)20-16-14-29-22(13-19(16)24-21(25-20)28-2)8-4-5-15-17(22)6-3-7-18(15)23/h3,6-7H,4-5,8-14H2,1-2H3. The van der Waals surface area contributed by atoms with Gasteiger partial charge in [0.15, 0.2) is 0 Å². The molecule has 1 unspecified atom stereocenters. The van der Waals surface area contributed by atoms with E-state index in [0.29, 0.717) is 12.6 Å². The molecule has 1 aromatic carbocycles. The molecule has 1 aliphatic carbocycles. The molecule has 7 heteroatoms. The molecular formula is C22H27BrN4O2. The minimum absolute atomic E-state index is 0.302. The Morgan fingerprint density at radius 1 is 1.14 bits per heavy atom. The fraction of sp³-hybridized carbons (Fsp3) is 0.545. The summed E-state index contributed by atoms with van der Waals surface area (Å²) in [5, 5.41) is 0. The first-order chi connectivity index (χ1) is 14.1. The van der Waals surface area contributed by atoms with Gasteiger partial charge in [-0.1, -0.05) is 28.1 Å². The van der Waals surface area contributed by atoms with Crippen molar-refractivity contribution < 1.29 is 9.47 Å². The SMILES string of the molecule is COc1nc2c(c(N3CCN(C)CC3)n1)COC1(CCCc3c(Br)cccc31)C2. The van der Waals surface area contributed by atoms with Crippen LogP contribution in [0.3, 0.4) is 0 Å². The predicted molar refractivity (Wildman–Crippen MR) is 116 cm³/mol.